The van der Waals surface area contributed by atoms with Crippen LogP contribution in [-0.2, 0) is 6.42 Å². The van der Waals surface area contributed by atoms with Crippen LogP contribution in [0.3, 0.4) is 0 Å². The first kappa shape index (κ1) is 25.2. The Bertz CT molecular complexity index is 434. The Kier molecular flexibility index (Phi) is 16.4. The third-order valence-corrected chi connectivity index (χ3v) is 6.10. The number of aryl methyl sites for hydroxylation is 1. The molecule has 0 unspecified atom stereocenters. The van der Waals surface area contributed by atoms with Crippen molar-refractivity contribution in [1.29, 1.82) is 0 Å². The second-order valence-electron chi connectivity index (χ2n) is 9.10. The van der Waals surface area contributed by atoms with E-state index in [2.05, 4.69) is 45.3 Å². The number of nitrogens with one attached hydrogen (secondary N) is 1. The first-order chi connectivity index (χ1) is 13.7. The predicted molar refractivity (Wildman–Crippen MR) is 127 cm³/mol. The number of unbranched alkanes of at least 4 members (excludes halogenated alkanes) is 16. The fraction of sp³-hybridized carbons (Fsp3) is 0.778. The van der Waals surface area contributed by atoms with Gasteiger partial charge in [-0.25, -0.2) is 0 Å². The van der Waals surface area contributed by atoms with Crippen LogP contribution in [0.1, 0.15) is 122 Å². The molecular weight excluding hydrogens is 338 g/mol. The van der Waals surface area contributed by atoms with Gasteiger partial charge in [-0.15, -0.1) is 0 Å². The van der Waals surface area contributed by atoms with Gasteiger partial charge in [0.1, 0.15) is 5.69 Å². The minimum Gasteiger partial charge on any atom is -0.307 e. The van der Waals surface area contributed by atoms with Crippen LogP contribution >= 0.6 is 0 Å². The summed E-state index contributed by atoms with van der Waals surface area (Å²) in [7, 11) is 4.37. The highest BCUT2D eigenvalue weighted by atomic mass is 15.1. The molecule has 0 aliphatic heterocycles. The molecule has 0 radical (unpaired) electrons. The molecule has 0 spiro atoms. The van der Waals surface area contributed by atoms with Gasteiger partial charge in [0, 0.05) is 0 Å². The Morgan fingerprint density at radius 3 is 1.21 bits per heavy atom. The maximum absolute atomic E-state index is 2.31. The minimum absolute atomic E-state index is 1.25. The normalized spacial score (nSPS) is 11.4. The molecule has 1 aromatic carbocycles. The van der Waals surface area contributed by atoms with Gasteiger partial charge in [-0.05, 0) is 30.5 Å². The zero-order chi connectivity index (χ0) is 20.3. The summed E-state index contributed by atoms with van der Waals surface area (Å²) in [6, 6.07) is 9.18. The van der Waals surface area contributed by atoms with Gasteiger partial charge < -0.3 is 4.90 Å². The molecule has 0 aliphatic rings. The van der Waals surface area contributed by atoms with E-state index in [0.717, 1.165) is 0 Å². The van der Waals surface area contributed by atoms with Gasteiger partial charge in [-0.3, -0.25) is 0 Å². The molecule has 0 fully saturated rings. The summed E-state index contributed by atoms with van der Waals surface area (Å²) in [5.74, 6) is 0. The number of benzene rings is 1. The topological polar surface area (TPSA) is 4.44 Å². The molecule has 0 saturated heterocycles. The Hall–Kier alpha value is -0.820. The third kappa shape index (κ3) is 14.2. The highest BCUT2D eigenvalue weighted by Crippen LogP contribution is 2.15. The number of hydrogen-bond donors (Lipinski definition) is 1. The monoisotopic (exact) mass is 388 g/mol. The molecular formula is C27H50N+. The molecule has 1 rings (SSSR count). The fourth-order valence-corrected chi connectivity index (χ4v) is 4.06. The van der Waals surface area contributed by atoms with Gasteiger partial charge in [0.05, 0.1) is 14.1 Å². The molecule has 0 heterocycles. The summed E-state index contributed by atoms with van der Waals surface area (Å²) in [5.41, 5.74) is 2.89. The second kappa shape index (κ2) is 18.2. The third-order valence-electron chi connectivity index (χ3n) is 6.10. The summed E-state index contributed by atoms with van der Waals surface area (Å²) >= 11 is 0. The van der Waals surface area contributed by atoms with Crippen molar-refractivity contribution in [2.24, 2.45) is 0 Å². The highest BCUT2D eigenvalue weighted by molar-refractivity contribution is 5.32. The van der Waals surface area contributed by atoms with E-state index in [9.17, 15) is 0 Å². The van der Waals surface area contributed by atoms with Gasteiger partial charge >= 0.3 is 0 Å². The van der Waals surface area contributed by atoms with E-state index in [1.54, 1.807) is 0 Å². The molecule has 0 saturated carbocycles. The van der Waals surface area contributed by atoms with Crippen LogP contribution in [-0.4, -0.2) is 14.1 Å². The van der Waals surface area contributed by atoms with E-state index >= 15 is 0 Å². The summed E-state index contributed by atoms with van der Waals surface area (Å²) in [6.07, 6.45) is 25.9. The molecule has 1 N–H and O–H groups in total. The quantitative estimate of drug-likeness (QED) is 0.232. The molecule has 0 aromatic heterocycles. The number of hydrogen-bond acceptors (Lipinski definition) is 0. The van der Waals surface area contributed by atoms with E-state index in [1.165, 1.54) is 132 Å². The Labute approximate surface area is 177 Å². The summed E-state index contributed by atoms with van der Waals surface area (Å²) in [5, 5.41) is 0. The zero-order valence-electron chi connectivity index (χ0n) is 19.5. The smallest absolute Gasteiger partial charge is 0.130 e. The van der Waals surface area contributed by atoms with E-state index in [1.807, 2.05) is 0 Å². The van der Waals surface area contributed by atoms with Crippen molar-refractivity contribution < 1.29 is 4.90 Å². The van der Waals surface area contributed by atoms with E-state index in [0.29, 0.717) is 0 Å². The first-order valence-electron chi connectivity index (χ1n) is 12.6. The lowest BCUT2D eigenvalue weighted by atomic mass is 10.0. The molecule has 28 heavy (non-hydrogen) atoms. The van der Waals surface area contributed by atoms with Gasteiger partial charge in [0.2, 0.25) is 0 Å². The summed E-state index contributed by atoms with van der Waals surface area (Å²) < 4.78 is 0. The van der Waals surface area contributed by atoms with Gasteiger partial charge in [0.15, 0.2) is 0 Å². The van der Waals surface area contributed by atoms with Gasteiger partial charge in [-0.1, -0.05) is 122 Å². The molecule has 1 nitrogen and oxygen atoms in total. The van der Waals surface area contributed by atoms with Crippen LogP contribution in [0.4, 0.5) is 5.69 Å². The van der Waals surface area contributed by atoms with Gasteiger partial charge in [-0.2, -0.15) is 0 Å². The molecule has 162 valence electrons. The SMILES string of the molecule is CCCCCCCCCCCCCCCCCCCc1ccc([NH+](C)C)cc1. The molecule has 0 bridgehead atoms. The lowest BCUT2D eigenvalue weighted by Gasteiger charge is -2.07. The summed E-state index contributed by atoms with van der Waals surface area (Å²) in [4.78, 5) is 1.41. The van der Waals surface area contributed by atoms with E-state index in [4.69, 9.17) is 0 Å². The van der Waals surface area contributed by atoms with Crippen molar-refractivity contribution in [2.45, 2.75) is 122 Å². The lowest BCUT2D eigenvalue weighted by molar-refractivity contribution is -0.786. The van der Waals surface area contributed by atoms with Crippen LogP contribution in [0.25, 0.3) is 0 Å². The second-order valence-corrected chi connectivity index (χ2v) is 9.10. The van der Waals surface area contributed by atoms with E-state index < -0.39 is 0 Å². The van der Waals surface area contributed by atoms with Crippen molar-refractivity contribution in [3.05, 3.63) is 29.8 Å². The summed E-state index contributed by atoms with van der Waals surface area (Å²) in [6.45, 7) is 2.30. The lowest BCUT2D eigenvalue weighted by Crippen LogP contribution is -3.00. The largest absolute Gasteiger partial charge is 0.307 e. The fourth-order valence-electron chi connectivity index (χ4n) is 4.06. The highest BCUT2D eigenvalue weighted by Gasteiger charge is 2.00. The number of rotatable bonds is 19. The van der Waals surface area contributed by atoms with Crippen molar-refractivity contribution in [1.82, 2.24) is 0 Å². The average molecular weight is 389 g/mol. The van der Waals surface area contributed by atoms with Crippen LogP contribution in [0.5, 0.6) is 0 Å². The van der Waals surface area contributed by atoms with Crippen molar-refractivity contribution in [3.63, 3.8) is 0 Å². The molecule has 0 amide bonds. The Morgan fingerprint density at radius 1 is 0.500 bits per heavy atom. The van der Waals surface area contributed by atoms with Crippen LogP contribution < -0.4 is 4.90 Å². The Morgan fingerprint density at radius 2 is 0.857 bits per heavy atom. The predicted octanol–water partition coefficient (Wildman–Crippen LogP) is 7.66. The average Bonchev–Trinajstić information content (AvgIpc) is 2.70. The zero-order valence-corrected chi connectivity index (χ0v) is 19.5. The Balaban J connectivity index is 1.78. The molecule has 0 aliphatic carbocycles. The first-order valence-corrected chi connectivity index (χ1v) is 12.6. The maximum Gasteiger partial charge on any atom is 0.130 e. The van der Waals surface area contributed by atoms with E-state index in [-0.39, 0.29) is 0 Å². The van der Waals surface area contributed by atoms with Crippen molar-refractivity contribution >= 4 is 5.69 Å². The molecule has 1 heteroatoms. The maximum atomic E-state index is 2.31. The number of quaternary nitrogens is 1. The van der Waals surface area contributed by atoms with Gasteiger partial charge in [0.25, 0.3) is 0 Å². The standard InChI is InChI=1S/C27H49N/c1-4-5-6-7-8-9-10-11-12-13-14-15-16-17-18-19-20-21-26-22-24-27(25-23-26)28(2)3/h22-25H,4-21H2,1-3H3/p+1. The van der Waals surface area contributed by atoms with Crippen LogP contribution in [0.2, 0.25) is 0 Å². The molecule has 1 aromatic rings. The minimum atomic E-state index is 1.25. The van der Waals surface area contributed by atoms with Crippen LogP contribution in [0, 0.1) is 0 Å². The van der Waals surface area contributed by atoms with Crippen LogP contribution in [0.15, 0.2) is 24.3 Å². The van der Waals surface area contributed by atoms with Crippen molar-refractivity contribution in [2.75, 3.05) is 14.1 Å². The molecule has 0 atom stereocenters. The van der Waals surface area contributed by atoms with Crippen molar-refractivity contribution in [3.8, 4) is 0 Å².